The molecule has 2 aromatic carbocycles. The Kier molecular flexibility index (Phi) is 7.48. The van der Waals surface area contributed by atoms with E-state index < -0.39 is 33.4 Å². The average molecular weight is 560 g/mol. The fourth-order valence-corrected chi connectivity index (χ4v) is 7.94. The first-order chi connectivity index (χ1) is 18.1. The minimum absolute atomic E-state index is 0.00366. The number of nitro groups is 1. The number of nitrogens with one attached hydrogen (secondary N) is 1. The number of amides is 1. The van der Waals surface area contributed by atoms with Gasteiger partial charge in [0.2, 0.25) is 10.0 Å². The number of hydrogen-bond acceptors (Lipinski definition) is 8. The first-order valence-electron chi connectivity index (χ1n) is 12.6. The van der Waals surface area contributed by atoms with Crippen LogP contribution in [0.15, 0.2) is 41.3 Å². The Morgan fingerprint density at radius 2 is 1.90 bits per heavy atom. The molecule has 12 heteroatoms. The number of carbonyl (C=O) groups excluding carboxylic acids is 2. The summed E-state index contributed by atoms with van der Waals surface area (Å²) in [4.78, 5) is 35.7. The molecule has 1 N–H and O–H groups in total. The van der Waals surface area contributed by atoms with E-state index in [-0.39, 0.29) is 44.5 Å². The third-order valence-corrected chi connectivity index (χ3v) is 9.27. The molecule has 1 amide bonds. The minimum atomic E-state index is -3.84. The van der Waals surface area contributed by atoms with Gasteiger partial charge in [-0.25, -0.2) is 13.2 Å². The molecule has 1 heterocycles. The monoisotopic (exact) mass is 559 g/mol. The summed E-state index contributed by atoms with van der Waals surface area (Å²) in [6.45, 7) is 7.83. The average Bonchev–Trinajstić information content (AvgIpc) is 3.12. The van der Waals surface area contributed by atoms with Gasteiger partial charge in [0.1, 0.15) is 0 Å². The lowest BCUT2D eigenvalue weighted by atomic mass is 9.65. The minimum Gasteiger partial charge on any atom is -0.490 e. The van der Waals surface area contributed by atoms with Crippen LogP contribution >= 0.6 is 0 Å². The largest absolute Gasteiger partial charge is 0.490 e. The van der Waals surface area contributed by atoms with Crippen LogP contribution in [0.2, 0.25) is 0 Å². The van der Waals surface area contributed by atoms with Gasteiger partial charge in [0.25, 0.3) is 5.91 Å². The molecule has 0 spiro atoms. The third kappa shape index (κ3) is 5.91. The summed E-state index contributed by atoms with van der Waals surface area (Å²) in [6.07, 6.45) is 2.54. The van der Waals surface area contributed by atoms with E-state index in [0.717, 1.165) is 19.3 Å². The van der Waals surface area contributed by atoms with Gasteiger partial charge in [-0.1, -0.05) is 26.8 Å². The van der Waals surface area contributed by atoms with E-state index in [4.69, 9.17) is 9.47 Å². The van der Waals surface area contributed by atoms with Crippen LogP contribution in [0, 0.1) is 27.9 Å². The SMILES string of the molecule is COc1cc(NC(=O)COC(=O)c2cccc(S(=O)(=O)N3C[C@@]4(C)C[C@H]3CC(C)(C)C4)c2)c(C)cc1[N+](=O)[O-]. The van der Waals surface area contributed by atoms with Crippen LogP contribution in [-0.4, -0.2) is 55.8 Å². The highest BCUT2D eigenvalue weighted by Crippen LogP contribution is 2.53. The van der Waals surface area contributed by atoms with Crippen LogP contribution in [0.25, 0.3) is 0 Å². The fourth-order valence-electron chi connectivity index (χ4n) is 6.12. The summed E-state index contributed by atoms with van der Waals surface area (Å²) in [6, 6.07) is 8.12. The Bertz CT molecular complexity index is 1440. The zero-order valence-corrected chi connectivity index (χ0v) is 23.5. The summed E-state index contributed by atoms with van der Waals surface area (Å²) >= 11 is 0. The molecule has 1 aliphatic carbocycles. The van der Waals surface area contributed by atoms with Crippen molar-refractivity contribution in [2.24, 2.45) is 10.8 Å². The predicted molar refractivity (Wildman–Crippen MR) is 143 cm³/mol. The summed E-state index contributed by atoms with van der Waals surface area (Å²) in [5.41, 5.74) is 0.403. The maximum Gasteiger partial charge on any atom is 0.338 e. The van der Waals surface area contributed by atoms with Crippen molar-refractivity contribution in [3.63, 3.8) is 0 Å². The smallest absolute Gasteiger partial charge is 0.338 e. The van der Waals surface area contributed by atoms with Gasteiger partial charge in [-0.05, 0) is 60.8 Å². The molecule has 2 fully saturated rings. The molecule has 2 atom stereocenters. The first-order valence-corrected chi connectivity index (χ1v) is 14.0. The fraction of sp³-hybridized carbons (Fsp3) is 0.481. The number of aryl methyl sites for hydroxylation is 1. The highest BCUT2D eigenvalue weighted by atomic mass is 32.2. The molecule has 4 rings (SSSR count). The summed E-state index contributed by atoms with van der Waals surface area (Å²) in [7, 11) is -2.57. The van der Waals surface area contributed by atoms with E-state index >= 15 is 0 Å². The van der Waals surface area contributed by atoms with Gasteiger partial charge in [-0.3, -0.25) is 14.9 Å². The van der Waals surface area contributed by atoms with Crippen LogP contribution in [-0.2, 0) is 19.6 Å². The molecule has 2 aromatic rings. The second-order valence-corrected chi connectivity index (χ2v) is 13.4. The number of rotatable bonds is 8. The van der Waals surface area contributed by atoms with Crippen molar-refractivity contribution in [2.45, 2.75) is 57.9 Å². The van der Waals surface area contributed by atoms with Crippen molar-refractivity contribution >= 4 is 33.3 Å². The standard InChI is InChI=1S/C27H33N3O8S/c1-17-9-22(30(33)34)23(37-5)11-21(17)28-24(31)14-38-25(32)18-7-6-8-20(10-18)39(35,36)29-16-27(4)13-19(29)12-26(2,3)15-27/h6-11,19H,12-16H2,1-5H3,(H,28,31)/t19-,27+/m1/s1. The van der Waals surface area contributed by atoms with Gasteiger partial charge in [0, 0.05) is 30.4 Å². The number of benzene rings is 2. The summed E-state index contributed by atoms with van der Waals surface area (Å²) < 4.78 is 38.9. The first kappa shape index (κ1) is 28.5. The van der Waals surface area contributed by atoms with Crippen molar-refractivity contribution in [2.75, 3.05) is 25.6 Å². The topological polar surface area (TPSA) is 145 Å². The molecule has 1 saturated heterocycles. The lowest BCUT2D eigenvalue weighted by molar-refractivity contribution is -0.385. The lowest BCUT2D eigenvalue weighted by Crippen LogP contribution is -2.37. The molecular formula is C27H33N3O8S. The van der Waals surface area contributed by atoms with Gasteiger partial charge in [0.05, 0.1) is 22.5 Å². The van der Waals surface area contributed by atoms with Gasteiger partial charge in [-0.15, -0.1) is 0 Å². The summed E-state index contributed by atoms with van der Waals surface area (Å²) in [5, 5.41) is 13.7. The number of carbonyl (C=O) groups is 2. The molecule has 210 valence electrons. The van der Waals surface area contributed by atoms with E-state index in [9.17, 15) is 28.1 Å². The van der Waals surface area contributed by atoms with Crippen molar-refractivity contribution in [1.82, 2.24) is 4.31 Å². The van der Waals surface area contributed by atoms with Crippen LogP contribution in [0.5, 0.6) is 5.75 Å². The number of ether oxygens (including phenoxy) is 2. The Morgan fingerprint density at radius 3 is 2.56 bits per heavy atom. The number of anilines is 1. The highest BCUT2D eigenvalue weighted by Gasteiger charge is 2.53. The number of esters is 1. The third-order valence-electron chi connectivity index (χ3n) is 7.37. The molecular weight excluding hydrogens is 526 g/mol. The second kappa shape index (κ2) is 10.2. The molecule has 2 aliphatic rings. The Morgan fingerprint density at radius 1 is 1.18 bits per heavy atom. The van der Waals surface area contributed by atoms with Gasteiger partial charge < -0.3 is 14.8 Å². The van der Waals surface area contributed by atoms with Crippen LogP contribution < -0.4 is 10.1 Å². The second-order valence-electron chi connectivity index (χ2n) is 11.5. The zero-order valence-electron chi connectivity index (χ0n) is 22.6. The summed E-state index contributed by atoms with van der Waals surface area (Å²) in [5.74, 6) is -1.56. The number of nitro benzene ring substituents is 1. The van der Waals surface area contributed by atoms with Crippen molar-refractivity contribution in [3.05, 3.63) is 57.6 Å². The number of hydrogen-bond donors (Lipinski definition) is 1. The van der Waals surface area contributed by atoms with Gasteiger partial charge >= 0.3 is 11.7 Å². The molecule has 2 bridgehead atoms. The van der Waals surface area contributed by atoms with Crippen LogP contribution in [0.1, 0.15) is 56.0 Å². The Balaban J connectivity index is 1.43. The van der Waals surface area contributed by atoms with E-state index in [2.05, 4.69) is 26.1 Å². The number of fused-ring (bicyclic) bond motifs is 2. The Hall–Kier alpha value is -3.51. The lowest BCUT2D eigenvalue weighted by Gasteiger charge is -2.39. The molecule has 0 unspecified atom stereocenters. The molecule has 39 heavy (non-hydrogen) atoms. The van der Waals surface area contributed by atoms with E-state index in [0.29, 0.717) is 12.1 Å². The molecule has 11 nitrogen and oxygen atoms in total. The highest BCUT2D eigenvalue weighted by molar-refractivity contribution is 7.89. The number of sulfonamides is 1. The number of nitrogens with zero attached hydrogens (tertiary/aromatic N) is 2. The zero-order chi connectivity index (χ0) is 28.8. The van der Waals surface area contributed by atoms with Gasteiger partial charge in [-0.2, -0.15) is 4.31 Å². The van der Waals surface area contributed by atoms with E-state index in [1.165, 1.54) is 43.5 Å². The number of methoxy groups -OCH3 is 1. The van der Waals surface area contributed by atoms with Crippen molar-refractivity contribution < 1.29 is 32.4 Å². The molecule has 1 saturated carbocycles. The van der Waals surface area contributed by atoms with E-state index in [1.807, 2.05) is 0 Å². The van der Waals surface area contributed by atoms with Crippen LogP contribution in [0.4, 0.5) is 11.4 Å². The predicted octanol–water partition coefficient (Wildman–Crippen LogP) is 4.30. The molecule has 0 aromatic heterocycles. The molecule has 1 aliphatic heterocycles. The van der Waals surface area contributed by atoms with Crippen molar-refractivity contribution in [1.29, 1.82) is 0 Å². The van der Waals surface area contributed by atoms with E-state index in [1.54, 1.807) is 11.2 Å². The maximum atomic E-state index is 13.6. The normalized spacial score (nSPS) is 22.2. The van der Waals surface area contributed by atoms with Crippen molar-refractivity contribution in [3.8, 4) is 5.75 Å². The maximum absolute atomic E-state index is 13.6. The quantitative estimate of drug-likeness (QED) is 0.286. The Labute approximate surface area is 227 Å². The van der Waals surface area contributed by atoms with Crippen LogP contribution in [0.3, 0.4) is 0 Å². The molecule has 0 radical (unpaired) electrons. The van der Waals surface area contributed by atoms with Gasteiger partial charge in [0.15, 0.2) is 12.4 Å².